The van der Waals surface area contributed by atoms with Crippen LogP contribution in [0.3, 0.4) is 0 Å². The minimum atomic E-state index is 0.0798. The van der Waals surface area contributed by atoms with Crippen molar-refractivity contribution in [1.82, 2.24) is 5.32 Å². The van der Waals surface area contributed by atoms with Gasteiger partial charge in [0.15, 0.2) is 0 Å². The molecular formula is C15H26N2O. The van der Waals surface area contributed by atoms with E-state index in [2.05, 4.69) is 45.1 Å². The molecule has 0 unspecified atom stereocenters. The van der Waals surface area contributed by atoms with Crippen LogP contribution < -0.4 is 15.8 Å². The van der Waals surface area contributed by atoms with Gasteiger partial charge in [-0.15, -0.1) is 0 Å². The van der Waals surface area contributed by atoms with E-state index in [4.69, 9.17) is 10.5 Å². The fraction of sp³-hybridized carbons (Fsp3) is 0.600. The summed E-state index contributed by atoms with van der Waals surface area (Å²) in [7, 11) is 1.72. The lowest BCUT2D eigenvalue weighted by atomic mass is 9.99. The van der Waals surface area contributed by atoms with Gasteiger partial charge < -0.3 is 15.8 Å². The number of aryl methyl sites for hydroxylation is 2. The second-order valence-electron chi connectivity index (χ2n) is 5.54. The van der Waals surface area contributed by atoms with Gasteiger partial charge in [-0.1, -0.05) is 12.1 Å². The topological polar surface area (TPSA) is 47.3 Å². The molecule has 3 heteroatoms. The summed E-state index contributed by atoms with van der Waals surface area (Å²) in [5.41, 5.74) is 9.35. The van der Waals surface area contributed by atoms with Crippen LogP contribution in [0, 0.1) is 13.8 Å². The summed E-state index contributed by atoms with van der Waals surface area (Å²) < 4.78 is 5.38. The van der Waals surface area contributed by atoms with Crippen molar-refractivity contribution >= 4 is 0 Å². The van der Waals surface area contributed by atoms with Crippen LogP contribution in [0.1, 0.15) is 37.0 Å². The first-order chi connectivity index (χ1) is 8.39. The summed E-state index contributed by atoms with van der Waals surface area (Å²) in [6.07, 6.45) is 0.973. The maximum atomic E-state index is 5.61. The third-order valence-electron chi connectivity index (χ3n) is 3.26. The highest BCUT2D eigenvalue weighted by atomic mass is 16.5. The van der Waals surface area contributed by atoms with Gasteiger partial charge >= 0.3 is 0 Å². The Balaban J connectivity index is 2.75. The normalized spacial score (nSPS) is 11.7. The lowest BCUT2D eigenvalue weighted by Gasteiger charge is -2.26. The molecule has 1 aromatic carbocycles. The van der Waals surface area contributed by atoms with Crippen molar-refractivity contribution < 1.29 is 4.74 Å². The van der Waals surface area contributed by atoms with Crippen LogP contribution in [0.25, 0.3) is 0 Å². The lowest BCUT2D eigenvalue weighted by molar-refractivity contribution is 0.365. The minimum absolute atomic E-state index is 0.0798. The Bertz CT molecular complexity index is 376. The van der Waals surface area contributed by atoms with Crippen molar-refractivity contribution in [1.29, 1.82) is 0 Å². The molecule has 0 aliphatic carbocycles. The lowest BCUT2D eigenvalue weighted by Crippen LogP contribution is -2.40. The molecule has 0 heterocycles. The zero-order valence-corrected chi connectivity index (χ0v) is 12.3. The Morgan fingerprint density at radius 3 is 2.22 bits per heavy atom. The molecule has 0 spiro atoms. The molecule has 0 radical (unpaired) electrons. The molecule has 18 heavy (non-hydrogen) atoms. The summed E-state index contributed by atoms with van der Waals surface area (Å²) in [4.78, 5) is 0. The second kappa shape index (κ2) is 6.21. The van der Waals surface area contributed by atoms with E-state index in [0.717, 1.165) is 18.7 Å². The van der Waals surface area contributed by atoms with Crippen molar-refractivity contribution in [3.05, 3.63) is 28.8 Å². The zero-order valence-electron chi connectivity index (χ0n) is 12.3. The van der Waals surface area contributed by atoms with Crippen LogP contribution in [-0.4, -0.2) is 19.2 Å². The Morgan fingerprint density at radius 2 is 1.78 bits per heavy atom. The third kappa shape index (κ3) is 4.00. The van der Waals surface area contributed by atoms with E-state index in [1.165, 1.54) is 16.7 Å². The van der Waals surface area contributed by atoms with Crippen molar-refractivity contribution in [3.63, 3.8) is 0 Å². The van der Waals surface area contributed by atoms with E-state index in [1.54, 1.807) is 7.11 Å². The predicted octanol–water partition coefficient (Wildman–Crippen LogP) is 2.53. The molecule has 3 nitrogen and oxygen atoms in total. The van der Waals surface area contributed by atoms with Crippen molar-refractivity contribution in [2.45, 2.75) is 46.2 Å². The molecule has 0 saturated heterocycles. The number of ether oxygens (including phenoxy) is 1. The van der Waals surface area contributed by atoms with Crippen molar-refractivity contribution in [3.8, 4) is 5.75 Å². The van der Waals surface area contributed by atoms with Crippen LogP contribution in [0.5, 0.6) is 5.75 Å². The van der Waals surface area contributed by atoms with E-state index in [9.17, 15) is 0 Å². The van der Waals surface area contributed by atoms with E-state index < -0.39 is 0 Å². The number of nitrogens with one attached hydrogen (secondary N) is 1. The Labute approximate surface area is 111 Å². The van der Waals surface area contributed by atoms with Gasteiger partial charge in [0.25, 0.3) is 0 Å². The molecule has 0 fully saturated rings. The summed E-state index contributed by atoms with van der Waals surface area (Å²) in [5.74, 6) is 0.986. The fourth-order valence-electron chi connectivity index (χ4n) is 2.25. The molecular weight excluding hydrogens is 224 g/mol. The standard InChI is InChI=1S/C15H26N2O/c1-11-8-13(9-12(2)14(11)18-5)10-17-15(3,4)6-7-16/h8-9,17H,6-7,10,16H2,1-5H3. The van der Waals surface area contributed by atoms with Crippen LogP contribution in [-0.2, 0) is 6.54 Å². The number of hydrogen-bond donors (Lipinski definition) is 2. The first kappa shape index (κ1) is 15.0. The molecule has 0 saturated carbocycles. The van der Waals surface area contributed by atoms with Gasteiger partial charge in [0.2, 0.25) is 0 Å². The smallest absolute Gasteiger partial charge is 0.124 e. The van der Waals surface area contributed by atoms with Gasteiger partial charge in [-0.3, -0.25) is 0 Å². The average Bonchev–Trinajstić information content (AvgIpc) is 2.26. The van der Waals surface area contributed by atoms with E-state index >= 15 is 0 Å². The van der Waals surface area contributed by atoms with Crippen molar-refractivity contribution in [2.75, 3.05) is 13.7 Å². The van der Waals surface area contributed by atoms with Gasteiger partial charge in [0.05, 0.1) is 7.11 Å². The van der Waals surface area contributed by atoms with Crippen LogP contribution >= 0.6 is 0 Å². The zero-order chi connectivity index (χ0) is 13.8. The maximum absolute atomic E-state index is 5.61. The molecule has 0 aliphatic heterocycles. The third-order valence-corrected chi connectivity index (χ3v) is 3.26. The van der Waals surface area contributed by atoms with E-state index in [1.807, 2.05) is 0 Å². The molecule has 0 amide bonds. The Kier molecular flexibility index (Phi) is 5.17. The minimum Gasteiger partial charge on any atom is -0.496 e. The van der Waals surface area contributed by atoms with Gasteiger partial charge in [0, 0.05) is 12.1 Å². The van der Waals surface area contributed by atoms with Gasteiger partial charge in [-0.25, -0.2) is 0 Å². The molecule has 1 rings (SSSR count). The number of nitrogens with two attached hydrogens (primary N) is 1. The largest absolute Gasteiger partial charge is 0.496 e. The molecule has 0 atom stereocenters. The molecule has 0 bridgehead atoms. The van der Waals surface area contributed by atoms with Gasteiger partial charge in [0.1, 0.15) is 5.75 Å². The predicted molar refractivity (Wildman–Crippen MR) is 77.1 cm³/mol. The quantitative estimate of drug-likeness (QED) is 0.815. The average molecular weight is 250 g/mol. The summed E-state index contributed by atoms with van der Waals surface area (Å²) >= 11 is 0. The summed E-state index contributed by atoms with van der Waals surface area (Å²) in [5, 5.41) is 3.55. The van der Waals surface area contributed by atoms with Crippen molar-refractivity contribution in [2.24, 2.45) is 5.73 Å². The maximum Gasteiger partial charge on any atom is 0.124 e. The molecule has 0 aliphatic rings. The molecule has 3 N–H and O–H groups in total. The second-order valence-corrected chi connectivity index (χ2v) is 5.54. The SMILES string of the molecule is COc1c(C)cc(CNC(C)(C)CCN)cc1C. The van der Waals surface area contributed by atoms with E-state index in [-0.39, 0.29) is 5.54 Å². The first-order valence-electron chi connectivity index (χ1n) is 6.49. The monoisotopic (exact) mass is 250 g/mol. The first-order valence-corrected chi connectivity index (χ1v) is 6.49. The number of hydrogen-bond acceptors (Lipinski definition) is 3. The highest BCUT2D eigenvalue weighted by molar-refractivity contribution is 5.43. The summed E-state index contributed by atoms with van der Waals surface area (Å²) in [6.45, 7) is 10.1. The van der Waals surface area contributed by atoms with Gasteiger partial charge in [-0.2, -0.15) is 0 Å². The fourth-order valence-corrected chi connectivity index (χ4v) is 2.25. The number of rotatable bonds is 6. The van der Waals surface area contributed by atoms with E-state index in [0.29, 0.717) is 6.54 Å². The Hall–Kier alpha value is -1.06. The Morgan fingerprint density at radius 1 is 1.22 bits per heavy atom. The molecule has 1 aromatic rings. The summed E-state index contributed by atoms with van der Waals surface area (Å²) in [6, 6.07) is 4.36. The highest BCUT2D eigenvalue weighted by Crippen LogP contribution is 2.24. The van der Waals surface area contributed by atoms with Gasteiger partial charge in [-0.05, 0) is 57.4 Å². The van der Waals surface area contributed by atoms with Crippen LogP contribution in [0.2, 0.25) is 0 Å². The highest BCUT2D eigenvalue weighted by Gasteiger charge is 2.15. The molecule has 0 aromatic heterocycles. The number of benzene rings is 1. The van der Waals surface area contributed by atoms with Crippen LogP contribution in [0.15, 0.2) is 12.1 Å². The molecule has 102 valence electrons. The van der Waals surface area contributed by atoms with Crippen LogP contribution in [0.4, 0.5) is 0 Å². The number of methoxy groups -OCH3 is 1.